The first-order chi connectivity index (χ1) is 7.06. The first-order valence-electron chi connectivity index (χ1n) is 4.96. The van der Waals surface area contributed by atoms with E-state index in [1.54, 1.807) is 6.92 Å². The Balaban J connectivity index is 2.90. The molecular weight excluding hydrogens is 206 g/mol. The minimum atomic E-state index is -1.21. The fraction of sp³-hybridized carbons (Fsp3) is 0.417. The van der Waals surface area contributed by atoms with Gasteiger partial charge in [-0.3, -0.25) is 4.21 Å². The highest BCUT2D eigenvalue weighted by Crippen LogP contribution is 2.17. The topological polar surface area (TPSA) is 40.9 Å². The molecule has 0 heterocycles. The maximum absolute atomic E-state index is 11.7. The van der Waals surface area contributed by atoms with Crippen molar-refractivity contribution in [3.05, 3.63) is 29.8 Å². The van der Waals surface area contributed by atoms with Gasteiger partial charge in [-0.1, -0.05) is 26.0 Å². The Kier molecular flexibility index (Phi) is 4.05. The van der Waals surface area contributed by atoms with Gasteiger partial charge < -0.3 is 0 Å². The van der Waals surface area contributed by atoms with E-state index in [-0.39, 0.29) is 0 Å². The van der Waals surface area contributed by atoms with Gasteiger partial charge in [0.1, 0.15) is 5.25 Å². The van der Waals surface area contributed by atoms with Crippen LogP contribution in [0.15, 0.2) is 29.2 Å². The summed E-state index contributed by atoms with van der Waals surface area (Å²) in [5.41, 5.74) is 1.22. The summed E-state index contributed by atoms with van der Waals surface area (Å²) in [7, 11) is -1.21. The molecule has 1 aromatic rings. The van der Waals surface area contributed by atoms with Crippen molar-refractivity contribution in [2.45, 2.75) is 36.8 Å². The molecule has 1 rings (SSSR count). The third-order valence-electron chi connectivity index (χ3n) is 2.28. The van der Waals surface area contributed by atoms with Crippen molar-refractivity contribution in [1.29, 1.82) is 5.26 Å². The summed E-state index contributed by atoms with van der Waals surface area (Å²) in [5, 5.41) is 8.22. The summed E-state index contributed by atoms with van der Waals surface area (Å²) in [6, 6.07) is 9.64. The number of nitrogens with zero attached hydrogens (tertiary/aromatic N) is 1. The molecule has 2 nitrogen and oxygen atoms in total. The van der Waals surface area contributed by atoms with E-state index in [1.807, 2.05) is 30.3 Å². The highest BCUT2D eigenvalue weighted by molar-refractivity contribution is 7.86. The number of nitriles is 1. The van der Waals surface area contributed by atoms with Gasteiger partial charge in [0.05, 0.1) is 16.9 Å². The smallest absolute Gasteiger partial charge is 0.123 e. The first kappa shape index (κ1) is 11.9. The molecule has 2 unspecified atom stereocenters. The van der Waals surface area contributed by atoms with Gasteiger partial charge in [-0.15, -0.1) is 0 Å². The first-order valence-corrected chi connectivity index (χ1v) is 6.17. The van der Waals surface area contributed by atoms with Crippen LogP contribution in [0.4, 0.5) is 0 Å². The highest BCUT2D eigenvalue weighted by Gasteiger charge is 2.12. The Labute approximate surface area is 93.4 Å². The fourth-order valence-corrected chi connectivity index (χ4v) is 2.15. The Hall–Kier alpha value is -1.14. The van der Waals surface area contributed by atoms with Crippen LogP contribution in [0.25, 0.3) is 0 Å². The van der Waals surface area contributed by atoms with Crippen LogP contribution in [0, 0.1) is 11.3 Å². The zero-order chi connectivity index (χ0) is 11.4. The van der Waals surface area contributed by atoms with Gasteiger partial charge in [0, 0.05) is 4.90 Å². The lowest BCUT2D eigenvalue weighted by molar-refractivity contribution is 0.680. The molecule has 0 aliphatic heterocycles. The van der Waals surface area contributed by atoms with Crippen LogP contribution >= 0.6 is 0 Å². The molecule has 3 heteroatoms. The standard InChI is InChI=1S/C12H15NOS/c1-9(2)11-4-6-12(7-5-11)15(14)10(3)8-13/h4-7,9-10H,1-3H3. The molecule has 0 spiro atoms. The van der Waals surface area contributed by atoms with Crippen LogP contribution in [0.1, 0.15) is 32.3 Å². The molecule has 0 aliphatic carbocycles. The fourth-order valence-electron chi connectivity index (χ4n) is 1.24. The Bertz CT molecular complexity index is 389. The van der Waals surface area contributed by atoms with Crippen LogP contribution in [0.5, 0.6) is 0 Å². The SMILES string of the molecule is CC(C)c1ccc(S(=O)C(C)C#N)cc1. The Morgan fingerprint density at radius 1 is 1.20 bits per heavy atom. The Morgan fingerprint density at radius 3 is 2.13 bits per heavy atom. The zero-order valence-electron chi connectivity index (χ0n) is 9.23. The van der Waals surface area contributed by atoms with Crippen LogP contribution in [-0.2, 0) is 10.8 Å². The quantitative estimate of drug-likeness (QED) is 0.787. The molecule has 0 bridgehead atoms. The van der Waals surface area contributed by atoms with E-state index in [1.165, 1.54) is 5.56 Å². The summed E-state index contributed by atoms with van der Waals surface area (Å²) in [5.74, 6) is 0.473. The molecule has 80 valence electrons. The molecular formula is C12H15NOS. The van der Waals surface area contributed by atoms with Crippen molar-refractivity contribution in [2.24, 2.45) is 0 Å². The predicted molar refractivity (Wildman–Crippen MR) is 62.0 cm³/mol. The van der Waals surface area contributed by atoms with Gasteiger partial charge in [-0.25, -0.2) is 0 Å². The average molecular weight is 221 g/mol. The van der Waals surface area contributed by atoms with Crippen LogP contribution in [0.2, 0.25) is 0 Å². The summed E-state index contributed by atoms with van der Waals surface area (Å²) >= 11 is 0. The lowest BCUT2D eigenvalue weighted by Gasteiger charge is -2.07. The van der Waals surface area contributed by atoms with Crippen molar-refractivity contribution in [3.63, 3.8) is 0 Å². The minimum absolute atomic E-state index is 0.449. The molecule has 0 amide bonds. The maximum atomic E-state index is 11.7. The summed E-state index contributed by atoms with van der Waals surface area (Å²) in [6.07, 6.45) is 0. The van der Waals surface area contributed by atoms with Gasteiger partial charge in [-0.2, -0.15) is 5.26 Å². The van der Waals surface area contributed by atoms with Crippen molar-refractivity contribution < 1.29 is 4.21 Å². The van der Waals surface area contributed by atoms with E-state index in [9.17, 15) is 4.21 Å². The van der Waals surface area contributed by atoms with E-state index in [2.05, 4.69) is 13.8 Å². The van der Waals surface area contributed by atoms with Gasteiger partial charge in [0.15, 0.2) is 0 Å². The molecule has 0 aliphatic rings. The number of rotatable bonds is 3. The van der Waals surface area contributed by atoms with E-state index in [4.69, 9.17) is 5.26 Å². The molecule has 0 saturated carbocycles. The molecule has 0 radical (unpaired) electrons. The van der Waals surface area contributed by atoms with Gasteiger partial charge in [0.25, 0.3) is 0 Å². The second-order valence-corrected chi connectivity index (χ2v) is 5.57. The predicted octanol–water partition coefficient (Wildman–Crippen LogP) is 2.83. The van der Waals surface area contributed by atoms with E-state index in [0.29, 0.717) is 5.92 Å². The summed E-state index contributed by atoms with van der Waals surface area (Å²) < 4.78 is 11.7. The monoisotopic (exact) mass is 221 g/mol. The van der Waals surface area contributed by atoms with E-state index >= 15 is 0 Å². The highest BCUT2D eigenvalue weighted by atomic mass is 32.2. The summed E-state index contributed by atoms with van der Waals surface area (Å²) in [4.78, 5) is 0.730. The molecule has 0 aromatic heterocycles. The third-order valence-corrected chi connectivity index (χ3v) is 3.77. The van der Waals surface area contributed by atoms with Gasteiger partial charge in [-0.05, 0) is 30.5 Å². The van der Waals surface area contributed by atoms with Crippen molar-refractivity contribution in [2.75, 3.05) is 0 Å². The molecule has 1 aromatic carbocycles. The number of hydrogen-bond donors (Lipinski definition) is 0. The van der Waals surface area contributed by atoms with Crippen LogP contribution in [0.3, 0.4) is 0 Å². The molecule has 0 saturated heterocycles. The van der Waals surface area contributed by atoms with Crippen molar-refractivity contribution in [3.8, 4) is 6.07 Å². The third kappa shape index (κ3) is 2.90. The zero-order valence-corrected chi connectivity index (χ0v) is 10.0. The van der Waals surface area contributed by atoms with E-state index < -0.39 is 16.0 Å². The number of hydrogen-bond acceptors (Lipinski definition) is 2. The van der Waals surface area contributed by atoms with Gasteiger partial charge >= 0.3 is 0 Å². The maximum Gasteiger partial charge on any atom is 0.123 e. The molecule has 2 atom stereocenters. The van der Waals surface area contributed by atoms with E-state index in [0.717, 1.165) is 4.90 Å². The second-order valence-electron chi connectivity index (χ2n) is 3.79. The largest absolute Gasteiger partial charge is 0.253 e. The second kappa shape index (κ2) is 5.09. The summed E-state index contributed by atoms with van der Waals surface area (Å²) in [6.45, 7) is 5.90. The van der Waals surface area contributed by atoms with Gasteiger partial charge in [0.2, 0.25) is 0 Å². The minimum Gasteiger partial charge on any atom is -0.253 e. The number of benzene rings is 1. The molecule has 0 N–H and O–H groups in total. The van der Waals surface area contributed by atoms with Crippen molar-refractivity contribution >= 4 is 10.8 Å². The molecule has 15 heavy (non-hydrogen) atoms. The van der Waals surface area contributed by atoms with Crippen LogP contribution < -0.4 is 0 Å². The average Bonchev–Trinajstić information content (AvgIpc) is 2.27. The normalized spacial score (nSPS) is 14.6. The Morgan fingerprint density at radius 2 is 1.73 bits per heavy atom. The molecule has 0 fully saturated rings. The lowest BCUT2D eigenvalue weighted by Crippen LogP contribution is -2.07. The van der Waals surface area contributed by atoms with Crippen molar-refractivity contribution in [1.82, 2.24) is 0 Å². The van der Waals surface area contributed by atoms with Crippen LogP contribution in [-0.4, -0.2) is 9.46 Å². The lowest BCUT2D eigenvalue weighted by atomic mass is 10.0.